The van der Waals surface area contributed by atoms with Crippen LogP contribution in [0, 0.1) is 6.92 Å². The van der Waals surface area contributed by atoms with Gasteiger partial charge in [-0.05, 0) is 36.6 Å². The predicted octanol–water partition coefficient (Wildman–Crippen LogP) is 3.12. The molecule has 0 aliphatic heterocycles. The second-order valence-electron chi connectivity index (χ2n) is 5.41. The normalized spacial score (nSPS) is 11.6. The molecule has 0 aliphatic rings. The highest BCUT2D eigenvalue weighted by Gasteiger charge is 2.18. The van der Waals surface area contributed by atoms with Gasteiger partial charge in [-0.2, -0.15) is 0 Å². The van der Waals surface area contributed by atoms with Crippen molar-refractivity contribution >= 4 is 27.3 Å². The summed E-state index contributed by atoms with van der Waals surface area (Å²) in [5, 5.41) is 0.296. The number of sulfonamides is 1. The van der Waals surface area contributed by atoms with Gasteiger partial charge in [-0.3, -0.25) is 0 Å². The topological polar surface area (TPSA) is 81.4 Å². The minimum Gasteiger partial charge on any atom is -0.398 e. The molecule has 0 saturated carbocycles. The Morgan fingerprint density at radius 1 is 1.21 bits per heavy atom. The van der Waals surface area contributed by atoms with Crippen LogP contribution in [0.3, 0.4) is 0 Å². The van der Waals surface area contributed by atoms with Gasteiger partial charge in [0.2, 0.25) is 10.0 Å². The summed E-state index contributed by atoms with van der Waals surface area (Å²) in [6.45, 7) is 2.91. The second-order valence-corrected chi connectivity index (χ2v) is 7.58. The number of hydrogen-bond donors (Lipinski definition) is 2. The lowest BCUT2D eigenvalue weighted by molar-refractivity contribution is 0.119. The van der Waals surface area contributed by atoms with Crippen LogP contribution in [-0.4, -0.2) is 21.6 Å². The first-order chi connectivity index (χ1) is 11.4. The van der Waals surface area contributed by atoms with Crippen molar-refractivity contribution in [3.63, 3.8) is 0 Å². The van der Waals surface area contributed by atoms with E-state index in [4.69, 9.17) is 22.1 Å². The summed E-state index contributed by atoms with van der Waals surface area (Å²) < 4.78 is 32.8. The van der Waals surface area contributed by atoms with E-state index in [1.54, 1.807) is 6.92 Å². The summed E-state index contributed by atoms with van der Waals surface area (Å²) in [4.78, 5) is 0.109. The SMILES string of the molecule is Cc1c(N)cc(Cl)cc1S(=O)(=O)NCCCOCc1ccccc1. The highest BCUT2D eigenvalue weighted by atomic mass is 35.5. The van der Waals surface area contributed by atoms with E-state index >= 15 is 0 Å². The molecule has 0 heterocycles. The van der Waals surface area contributed by atoms with Gasteiger partial charge >= 0.3 is 0 Å². The maximum absolute atomic E-state index is 12.3. The Labute approximate surface area is 147 Å². The maximum atomic E-state index is 12.3. The number of benzene rings is 2. The van der Waals surface area contributed by atoms with Crippen molar-refractivity contribution in [1.82, 2.24) is 4.72 Å². The van der Waals surface area contributed by atoms with Crippen LogP contribution in [0.2, 0.25) is 5.02 Å². The van der Waals surface area contributed by atoms with Crippen LogP contribution < -0.4 is 10.5 Å². The molecule has 0 spiro atoms. The Balaban J connectivity index is 1.81. The summed E-state index contributed by atoms with van der Waals surface area (Å²) in [7, 11) is -3.65. The van der Waals surface area contributed by atoms with E-state index in [2.05, 4.69) is 4.72 Å². The largest absolute Gasteiger partial charge is 0.398 e. The van der Waals surface area contributed by atoms with Gasteiger partial charge in [-0.25, -0.2) is 13.1 Å². The number of halogens is 1. The minimum atomic E-state index is -3.65. The number of nitrogens with one attached hydrogen (secondary N) is 1. The second kappa shape index (κ2) is 8.48. The highest BCUT2D eigenvalue weighted by Crippen LogP contribution is 2.25. The molecular weight excluding hydrogens is 348 g/mol. The first-order valence-corrected chi connectivity index (χ1v) is 9.43. The summed E-state index contributed by atoms with van der Waals surface area (Å²) >= 11 is 5.90. The molecule has 0 aromatic heterocycles. The lowest BCUT2D eigenvalue weighted by Gasteiger charge is -2.12. The van der Waals surface area contributed by atoms with E-state index in [0.29, 0.717) is 35.9 Å². The van der Waals surface area contributed by atoms with Gasteiger partial charge in [-0.1, -0.05) is 41.9 Å². The molecule has 3 N–H and O–H groups in total. The van der Waals surface area contributed by atoms with Crippen molar-refractivity contribution in [2.24, 2.45) is 0 Å². The zero-order valence-corrected chi connectivity index (χ0v) is 15.0. The fourth-order valence-corrected chi connectivity index (χ4v) is 3.84. The lowest BCUT2D eigenvalue weighted by atomic mass is 10.2. The van der Waals surface area contributed by atoms with Gasteiger partial charge in [0.25, 0.3) is 0 Å². The van der Waals surface area contributed by atoms with E-state index in [-0.39, 0.29) is 11.4 Å². The standard InChI is InChI=1S/C17H21ClN2O3S/c1-13-16(19)10-15(18)11-17(13)24(21,22)20-8-5-9-23-12-14-6-3-2-4-7-14/h2-4,6-7,10-11,20H,5,8-9,12,19H2,1H3. The van der Waals surface area contributed by atoms with E-state index in [0.717, 1.165) is 5.56 Å². The third kappa shape index (κ3) is 5.21. The van der Waals surface area contributed by atoms with Gasteiger partial charge in [-0.15, -0.1) is 0 Å². The number of rotatable bonds is 8. The third-order valence-corrected chi connectivity index (χ3v) is 5.33. The quantitative estimate of drug-likeness (QED) is 0.554. The molecule has 130 valence electrons. The Kier molecular flexibility index (Phi) is 6.62. The molecule has 0 bridgehead atoms. The molecule has 7 heteroatoms. The van der Waals surface area contributed by atoms with Crippen molar-refractivity contribution in [2.45, 2.75) is 24.8 Å². The molecule has 0 saturated heterocycles. The van der Waals surface area contributed by atoms with Crippen LogP contribution in [0.5, 0.6) is 0 Å². The average Bonchev–Trinajstić information content (AvgIpc) is 2.55. The van der Waals surface area contributed by atoms with Gasteiger partial charge in [0.15, 0.2) is 0 Å². The van der Waals surface area contributed by atoms with Crippen molar-refractivity contribution in [3.05, 3.63) is 58.6 Å². The van der Waals surface area contributed by atoms with Crippen LogP contribution in [0.1, 0.15) is 17.5 Å². The van der Waals surface area contributed by atoms with E-state index in [1.807, 2.05) is 30.3 Å². The van der Waals surface area contributed by atoms with Gasteiger partial charge < -0.3 is 10.5 Å². The van der Waals surface area contributed by atoms with Crippen molar-refractivity contribution < 1.29 is 13.2 Å². The summed E-state index contributed by atoms with van der Waals surface area (Å²) in [6, 6.07) is 12.7. The zero-order chi connectivity index (χ0) is 17.6. The Hall–Kier alpha value is -1.60. The van der Waals surface area contributed by atoms with Crippen LogP contribution >= 0.6 is 11.6 Å². The van der Waals surface area contributed by atoms with Gasteiger partial charge in [0.05, 0.1) is 11.5 Å². The molecule has 2 rings (SSSR count). The number of nitrogens with two attached hydrogens (primary N) is 1. The molecule has 2 aromatic rings. The van der Waals surface area contributed by atoms with E-state index in [1.165, 1.54) is 12.1 Å². The average molecular weight is 369 g/mol. The minimum absolute atomic E-state index is 0.109. The van der Waals surface area contributed by atoms with Crippen LogP contribution in [0.15, 0.2) is 47.4 Å². The molecule has 0 unspecified atom stereocenters. The summed E-state index contributed by atoms with van der Waals surface area (Å²) in [6.07, 6.45) is 0.571. The van der Waals surface area contributed by atoms with Gasteiger partial charge in [0, 0.05) is 23.9 Å². The number of hydrogen-bond acceptors (Lipinski definition) is 4. The molecule has 0 aliphatic carbocycles. The Bertz CT molecular complexity index is 780. The van der Waals surface area contributed by atoms with Crippen LogP contribution in [0.25, 0.3) is 0 Å². The first kappa shape index (κ1) is 18.7. The summed E-state index contributed by atoms with van der Waals surface area (Å²) in [5.74, 6) is 0. The molecule has 0 fully saturated rings. The van der Waals surface area contributed by atoms with Crippen LogP contribution in [-0.2, 0) is 21.4 Å². The molecule has 0 amide bonds. The molecule has 5 nitrogen and oxygen atoms in total. The van der Waals surface area contributed by atoms with E-state index in [9.17, 15) is 8.42 Å². The Morgan fingerprint density at radius 2 is 1.92 bits per heavy atom. The van der Waals surface area contributed by atoms with Gasteiger partial charge in [0.1, 0.15) is 0 Å². The lowest BCUT2D eigenvalue weighted by Crippen LogP contribution is -2.26. The fraction of sp³-hybridized carbons (Fsp3) is 0.294. The maximum Gasteiger partial charge on any atom is 0.240 e. The van der Waals surface area contributed by atoms with Crippen molar-refractivity contribution in [2.75, 3.05) is 18.9 Å². The van der Waals surface area contributed by atoms with Crippen molar-refractivity contribution in [1.29, 1.82) is 0 Å². The number of ether oxygens (including phenoxy) is 1. The zero-order valence-electron chi connectivity index (χ0n) is 13.5. The third-order valence-electron chi connectivity index (χ3n) is 3.52. The molecule has 0 atom stereocenters. The monoisotopic (exact) mass is 368 g/mol. The molecule has 24 heavy (non-hydrogen) atoms. The summed E-state index contributed by atoms with van der Waals surface area (Å²) in [5.41, 5.74) is 7.71. The predicted molar refractivity (Wildman–Crippen MR) is 96.5 cm³/mol. The molecule has 2 aromatic carbocycles. The first-order valence-electron chi connectivity index (χ1n) is 7.57. The Morgan fingerprint density at radius 3 is 2.62 bits per heavy atom. The van der Waals surface area contributed by atoms with E-state index < -0.39 is 10.0 Å². The highest BCUT2D eigenvalue weighted by molar-refractivity contribution is 7.89. The van der Waals surface area contributed by atoms with Crippen LogP contribution in [0.4, 0.5) is 5.69 Å². The van der Waals surface area contributed by atoms with Crippen molar-refractivity contribution in [3.8, 4) is 0 Å². The molecule has 0 radical (unpaired) electrons. The molecular formula is C17H21ClN2O3S. The number of nitrogen functional groups attached to an aromatic ring is 1. The number of anilines is 1. The fourth-order valence-electron chi connectivity index (χ4n) is 2.18. The smallest absolute Gasteiger partial charge is 0.240 e.